The summed E-state index contributed by atoms with van der Waals surface area (Å²) in [6.07, 6.45) is 5.89. The maximum Gasteiger partial charge on any atom is 0.328 e. The fraction of sp³-hybridized carbons (Fsp3) is 0.318. The van der Waals surface area contributed by atoms with Crippen LogP contribution >= 0.6 is 11.6 Å². The number of hydrogen-bond acceptors (Lipinski definition) is 3. The lowest BCUT2D eigenvalue weighted by molar-refractivity contribution is -0.131. The van der Waals surface area contributed by atoms with Crippen LogP contribution in [0.25, 0.3) is 0 Å². The van der Waals surface area contributed by atoms with Gasteiger partial charge in [0.05, 0.1) is 0 Å². The monoisotopic (exact) mass is 384 g/mol. The molecule has 0 spiro atoms. The molecule has 5 heteroatoms. The zero-order valence-electron chi connectivity index (χ0n) is 15.6. The van der Waals surface area contributed by atoms with Gasteiger partial charge in [-0.25, -0.2) is 4.79 Å². The van der Waals surface area contributed by atoms with E-state index >= 15 is 0 Å². The maximum atomic E-state index is 10.6. The third-order valence-electron chi connectivity index (χ3n) is 4.88. The number of anilines is 2. The molecular weight excluding hydrogens is 360 g/mol. The number of rotatable bonds is 7. The van der Waals surface area contributed by atoms with Crippen LogP contribution in [0.2, 0.25) is 5.02 Å². The van der Waals surface area contributed by atoms with E-state index in [4.69, 9.17) is 16.7 Å². The minimum Gasteiger partial charge on any atom is -0.478 e. The first-order valence-corrected chi connectivity index (χ1v) is 9.64. The van der Waals surface area contributed by atoms with Crippen LogP contribution in [0, 0.1) is 0 Å². The van der Waals surface area contributed by atoms with E-state index in [2.05, 4.69) is 46.2 Å². The number of hydrogen-bond donors (Lipinski definition) is 1. The summed E-state index contributed by atoms with van der Waals surface area (Å²) in [5.74, 6) is -0.905. The second kappa shape index (κ2) is 9.07. The Morgan fingerprint density at radius 2 is 1.93 bits per heavy atom. The normalized spacial score (nSPS) is 13.5. The van der Waals surface area contributed by atoms with Gasteiger partial charge in [0.2, 0.25) is 0 Å². The van der Waals surface area contributed by atoms with Crippen molar-refractivity contribution >= 4 is 28.9 Å². The molecule has 1 aliphatic heterocycles. The molecule has 142 valence electrons. The van der Waals surface area contributed by atoms with Crippen LogP contribution in [0.1, 0.15) is 17.5 Å². The number of halogens is 1. The highest BCUT2D eigenvalue weighted by Gasteiger charge is 2.20. The number of carboxylic acid groups (broad SMARTS) is 1. The molecule has 4 nitrogen and oxygen atoms in total. The zero-order valence-corrected chi connectivity index (χ0v) is 16.3. The molecular formula is C22H25ClN2O2. The van der Waals surface area contributed by atoms with Gasteiger partial charge in [-0.2, -0.15) is 0 Å². The molecule has 0 aliphatic carbocycles. The average molecular weight is 385 g/mol. The van der Waals surface area contributed by atoms with Gasteiger partial charge in [-0.3, -0.25) is 0 Å². The smallest absolute Gasteiger partial charge is 0.328 e. The van der Waals surface area contributed by atoms with E-state index in [9.17, 15) is 4.79 Å². The maximum absolute atomic E-state index is 10.6. The highest BCUT2D eigenvalue weighted by molar-refractivity contribution is 6.30. The second-order valence-electron chi connectivity index (χ2n) is 6.91. The summed E-state index contributed by atoms with van der Waals surface area (Å²) in [5.41, 5.74) is 5.14. The van der Waals surface area contributed by atoms with Gasteiger partial charge in [-0.05, 0) is 62.2 Å². The Morgan fingerprint density at radius 1 is 1.19 bits per heavy atom. The van der Waals surface area contributed by atoms with Crippen LogP contribution in [-0.4, -0.2) is 42.7 Å². The summed E-state index contributed by atoms with van der Waals surface area (Å²) in [4.78, 5) is 15.1. The Bertz CT molecular complexity index is 835. The number of aryl methyl sites for hydroxylation is 2. The van der Waals surface area contributed by atoms with Crippen LogP contribution < -0.4 is 4.90 Å². The Labute approximate surface area is 165 Å². The van der Waals surface area contributed by atoms with Gasteiger partial charge in [-0.15, -0.1) is 0 Å². The number of carbonyl (C=O) groups is 1. The first-order valence-electron chi connectivity index (χ1n) is 9.26. The van der Waals surface area contributed by atoms with Crippen molar-refractivity contribution in [1.82, 2.24) is 4.90 Å². The quantitative estimate of drug-likeness (QED) is 0.712. The molecule has 0 aromatic heterocycles. The summed E-state index contributed by atoms with van der Waals surface area (Å²) < 4.78 is 0. The summed E-state index contributed by atoms with van der Waals surface area (Å²) in [6, 6.07) is 14.8. The van der Waals surface area contributed by atoms with E-state index in [1.54, 1.807) is 6.08 Å². The van der Waals surface area contributed by atoms with E-state index in [1.807, 2.05) is 13.1 Å². The Kier molecular flexibility index (Phi) is 6.54. The highest BCUT2D eigenvalue weighted by atomic mass is 35.5. The molecule has 2 aromatic rings. The minimum absolute atomic E-state index is 0.630. The minimum atomic E-state index is -0.905. The van der Waals surface area contributed by atoms with E-state index in [0.717, 1.165) is 37.4 Å². The van der Waals surface area contributed by atoms with Crippen molar-refractivity contribution in [1.29, 1.82) is 0 Å². The van der Waals surface area contributed by atoms with Gasteiger partial charge in [0, 0.05) is 35.6 Å². The van der Waals surface area contributed by atoms with Crippen molar-refractivity contribution in [3.63, 3.8) is 0 Å². The topological polar surface area (TPSA) is 43.8 Å². The number of para-hydroxylation sites is 1. The fourth-order valence-corrected chi connectivity index (χ4v) is 3.72. The Balaban J connectivity index is 1.74. The summed E-state index contributed by atoms with van der Waals surface area (Å²) in [7, 11) is 2.01. The Morgan fingerprint density at radius 3 is 2.70 bits per heavy atom. The predicted octanol–water partition coefficient (Wildman–Crippen LogP) is 4.54. The molecule has 2 aromatic carbocycles. The van der Waals surface area contributed by atoms with Gasteiger partial charge in [0.15, 0.2) is 0 Å². The third kappa shape index (κ3) is 5.12. The van der Waals surface area contributed by atoms with E-state index in [1.165, 1.54) is 28.6 Å². The van der Waals surface area contributed by atoms with Crippen molar-refractivity contribution in [3.8, 4) is 0 Å². The number of benzene rings is 2. The number of carboxylic acids is 1. The van der Waals surface area contributed by atoms with Crippen molar-refractivity contribution in [3.05, 3.63) is 70.8 Å². The van der Waals surface area contributed by atoms with E-state index in [0.29, 0.717) is 6.54 Å². The van der Waals surface area contributed by atoms with Gasteiger partial charge >= 0.3 is 5.97 Å². The molecule has 0 amide bonds. The SMILES string of the molecule is CN(C/C=C/C(=O)O)CCCN1c2ccccc2CCc2ccc(Cl)cc21. The van der Waals surface area contributed by atoms with Crippen molar-refractivity contribution < 1.29 is 9.90 Å². The van der Waals surface area contributed by atoms with Gasteiger partial charge in [-0.1, -0.05) is 41.9 Å². The van der Waals surface area contributed by atoms with Crippen molar-refractivity contribution in [2.24, 2.45) is 0 Å². The molecule has 0 saturated carbocycles. The molecule has 3 rings (SSSR count). The summed E-state index contributed by atoms with van der Waals surface area (Å²) >= 11 is 6.30. The van der Waals surface area contributed by atoms with Crippen LogP contribution in [0.5, 0.6) is 0 Å². The molecule has 0 atom stereocenters. The van der Waals surface area contributed by atoms with Crippen LogP contribution in [0.15, 0.2) is 54.6 Å². The van der Waals surface area contributed by atoms with Crippen molar-refractivity contribution in [2.75, 3.05) is 31.6 Å². The van der Waals surface area contributed by atoms with Crippen molar-refractivity contribution in [2.45, 2.75) is 19.3 Å². The Hall–Kier alpha value is -2.30. The van der Waals surface area contributed by atoms with Gasteiger partial charge < -0.3 is 14.9 Å². The first-order chi connectivity index (χ1) is 13.0. The first kappa shape index (κ1) is 19.5. The van der Waals surface area contributed by atoms with Crippen LogP contribution in [0.3, 0.4) is 0 Å². The van der Waals surface area contributed by atoms with E-state index < -0.39 is 5.97 Å². The standard InChI is InChI=1S/C22H25ClN2O2/c1-24(13-4-8-22(26)27)14-5-15-25-20-7-3-2-6-17(20)9-10-18-11-12-19(23)16-21(18)25/h2-4,6-8,11-12,16H,5,9-10,13-15H2,1H3,(H,26,27)/b8-4+. The van der Waals surface area contributed by atoms with Crippen LogP contribution in [-0.2, 0) is 17.6 Å². The third-order valence-corrected chi connectivity index (χ3v) is 5.12. The number of nitrogens with zero attached hydrogens (tertiary/aromatic N) is 2. The second-order valence-corrected chi connectivity index (χ2v) is 7.35. The van der Waals surface area contributed by atoms with Gasteiger partial charge in [0.25, 0.3) is 0 Å². The molecule has 27 heavy (non-hydrogen) atoms. The van der Waals surface area contributed by atoms with Crippen LogP contribution in [0.4, 0.5) is 11.4 Å². The molecule has 1 heterocycles. The number of likely N-dealkylation sites (N-methyl/N-ethyl adjacent to an activating group) is 1. The number of fused-ring (bicyclic) bond motifs is 2. The number of aliphatic carboxylic acids is 1. The highest BCUT2D eigenvalue weighted by Crippen LogP contribution is 2.37. The molecule has 0 fully saturated rings. The molecule has 0 unspecified atom stereocenters. The average Bonchev–Trinajstić information content (AvgIpc) is 2.79. The predicted molar refractivity (Wildman–Crippen MR) is 111 cm³/mol. The zero-order chi connectivity index (χ0) is 19.2. The van der Waals surface area contributed by atoms with E-state index in [-0.39, 0.29) is 0 Å². The largest absolute Gasteiger partial charge is 0.478 e. The summed E-state index contributed by atoms with van der Waals surface area (Å²) in [5, 5.41) is 9.44. The lowest BCUT2D eigenvalue weighted by atomic mass is 10.0. The lowest BCUT2D eigenvalue weighted by Crippen LogP contribution is -2.26. The molecule has 0 saturated heterocycles. The lowest BCUT2D eigenvalue weighted by Gasteiger charge is -2.28. The molecule has 1 aliphatic rings. The van der Waals surface area contributed by atoms with Gasteiger partial charge in [0.1, 0.15) is 0 Å². The molecule has 0 radical (unpaired) electrons. The summed E-state index contributed by atoms with van der Waals surface area (Å²) in [6.45, 7) is 2.40. The molecule has 1 N–H and O–H groups in total. The molecule has 0 bridgehead atoms. The fourth-order valence-electron chi connectivity index (χ4n) is 3.55.